The maximum atomic E-state index is 12.4. The highest BCUT2D eigenvalue weighted by molar-refractivity contribution is 7.71. The molecule has 0 spiro atoms. The van der Waals surface area contributed by atoms with Gasteiger partial charge in [0.05, 0.1) is 4.88 Å². The average molecular weight is 413 g/mol. The number of rotatable bonds is 3. The molecule has 2 aromatic heterocycles. The second-order valence-electron chi connectivity index (χ2n) is 6.71. The number of H-pyrrole nitrogens is 1. The molecule has 0 saturated carbocycles. The first-order valence-corrected chi connectivity index (χ1v) is 10.4. The molecule has 0 atom stereocenters. The van der Waals surface area contributed by atoms with Crippen molar-refractivity contribution >= 4 is 35.4 Å². The van der Waals surface area contributed by atoms with Gasteiger partial charge in [0.2, 0.25) is 0 Å². The lowest BCUT2D eigenvalue weighted by atomic mass is 10.1. The van der Waals surface area contributed by atoms with Crippen LogP contribution in [-0.2, 0) is 12.8 Å². The fourth-order valence-corrected chi connectivity index (χ4v) is 4.71. The van der Waals surface area contributed by atoms with Crippen molar-refractivity contribution < 1.29 is 9.59 Å². The van der Waals surface area contributed by atoms with Crippen LogP contribution in [0.1, 0.15) is 49.7 Å². The van der Waals surface area contributed by atoms with Crippen LogP contribution in [-0.4, -0.2) is 21.4 Å². The minimum absolute atomic E-state index is 0.276. The van der Waals surface area contributed by atoms with E-state index in [0.717, 1.165) is 18.5 Å². The lowest BCUT2D eigenvalue weighted by molar-refractivity contribution is 0.0849. The molecule has 0 aliphatic heterocycles. The van der Waals surface area contributed by atoms with Gasteiger partial charge in [-0.05, 0) is 73.8 Å². The first-order valence-electron chi connectivity index (χ1n) is 9.20. The molecule has 0 saturated heterocycles. The Hall–Kier alpha value is -2.71. The van der Waals surface area contributed by atoms with Crippen molar-refractivity contribution in [2.75, 3.05) is 0 Å². The van der Waals surface area contributed by atoms with Crippen LogP contribution in [0.3, 0.4) is 0 Å². The van der Waals surface area contributed by atoms with Gasteiger partial charge in [-0.25, -0.2) is 0 Å². The number of aryl methyl sites for hydroxylation is 2. The normalized spacial score (nSPS) is 13.4. The highest BCUT2D eigenvalue weighted by atomic mass is 32.1. The number of imidazole rings is 1. The first kappa shape index (κ1) is 18.6. The maximum absolute atomic E-state index is 12.4. The molecular weight excluding hydrogens is 392 g/mol. The highest BCUT2D eigenvalue weighted by Gasteiger charge is 2.17. The van der Waals surface area contributed by atoms with Crippen LogP contribution in [0.15, 0.2) is 42.7 Å². The smallest absolute Gasteiger partial charge is 0.279 e. The third-order valence-corrected chi connectivity index (χ3v) is 6.37. The summed E-state index contributed by atoms with van der Waals surface area (Å²) >= 11 is 6.72. The molecule has 2 heterocycles. The minimum Gasteiger partial charge on any atom is -0.337 e. The van der Waals surface area contributed by atoms with Crippen LogP contribution < -0.4 is 10.9 Å². The third kappa shape index (κ3) is 3.93. The summed E-state index contributed by atoms with van der Waals surface area (Å²) < 4.78 is 2.39. The fourth-order valence-electron chi connectivity index (χ4n) is 3.32. The zero-order valence-corrected chi connectivity index (χ0v) is 16.8. The zero-order chi connectivity index (χ0) is 19.5. The molecular formula is C20H20N4O2S2. The molecule has 144 valence electrons. The van der Waals surface area contributed by atoms with Gasteiger partial charge in [-0.2, -0.15) is 0 Å². The second kappa shape index (κ2) is 8.12. The number of aromatic nitrogens is 2. The van der Waals surface area contributed by atoms with Crippen molar-refractivity contribution in [3.8, 4) is 5.69 Å². The fraction of sp³-hybridized carbons (Fsp3) is 0.250. The lowest BCUT2D eigenvalue weighted by Crippen LogP contribution is -2.41. The summed E-state index contributed by atoms with van der Waals surface area (Å²) in [7, 11) is 0. The molecule has 0 fully saturated rings. The van der Waals surface area contributed by atoms with Gasteiger partial charge in [0.25, 0.3) is 11.8 Å². The molecule has 1 aromatic carbocycles. The predicted octanol–water partition coefficient (Wildman–Crippen LogP) is 3.94. The third-order valence-electron chi connectivity index (χ3n) is 4.82. The van der Waals surface area contributed by atoms with E-state index in [2.05, 4.69) is 15.8 Å². The Morgan fingerprint density at radius 2 is 1.79 bits per heavy atom. The van der Waals surface area contributed by atoms with Crippen molar-refractivity contribution in [1.82, 2.24) is 20.4 Å². The van der Waals surface area contributed by atoms with E-state index in [1.165, 1.54) is 41.0 Å². The van der Waals surface area contributed by atoms with Crippen molar-refractivity contribution in [3.05, 3.63) is 68.4 Å². The molecule has 0 radical (unpaired) electrons. The lowest BCUT2D eigenvalue weighted by Gasteiger charge is -2.07. The van der Waals surface area contributed by atoms with Gasteiger partial charge >= 0.3 is 0 Å². The van der Waals surface area contributed by atoms with Gasteiger partial charge in [-0.3, -0.25) is 25.0 Å². The number of hydrogen-bond donors (Lipinski definition) is 3. The predicted molar refractivity (Wildman–Crippen MR) is 111 cm³/mol. The van der Waals surface area contributed by atoms with Crippen molar-refractivity contribution in [2.45, 2.75) is 32.1 Å². The molecule has 0 bridgehead atoms. The number of nitrogens with one attached hydrogen (secondary N) is 3. The van der Waals surface area contributed by atoms with E-state index in [1.807, 2.05) is 12.3 Å². The Balaban J connectivity index is 1.38. The van der Waals surface area contributed by atoms with E-state index in [-0.39, 0.29) is 11.8 Å². The number of hydrazine groups is 1. The van der Waals surface area contributed by atoms with Crippen molar-refractivity contribution in [3.63, 3.8) is 0 Å². The Labute approximate surface area is 171 Å². The number of thiophene rings is 1. The summed E-state index contributed by atoms with van der Waals surface area (Å²) in [4.78, 5) is 29.6. The first-order chi connectivity index (χ1) is 13.6. The molecule has 6 nitrogen and oxygen atoms in total. The average Bonchev–Trinajstić information content (AvgIpc) is 3.26. The van der Waals surface area contributed by atoms with E-state index in [1.54, 1.807) is 35.0 Å². The Morgan fingerprint density at radius 3 is 2.54 bits per heavy atom. The van der Waals surface area contributed by atoms with Crippen LogP contribution in [0.5, 0.6) is 0 Å². The maximum Gasteiger partial charge on any atom is 0.279 e. The van der Waals surface area contributed by atoms with E-state index < -0.39 is 0 Å². The second-order valence-corrected chi connectivity index (χ2v) is 8.23. The SMILES string of the molecule is O=C(NNC(=O)c1cc2c(s1)CCCCC2)c1ccc(-n2cc[nH]c2=S)cc1. The Morgan fingerprint density at radius 1 is 1.04 bits per heavy atom. The van der Waals surface area contributed by atoms with E-state index >= 15 is 0 Å². The van der Waals surface area contributed by atoms with Crippen LogP contribution in [0.4, 0.5) is 0 Å². The standard InChI is InChI=1S/C20H20N4O2S2/c25-18(13-6-8-15(9-7-13)24-11-10-21-20(24)27)22-23-19(26)17-12-14-4-2-1-3-5-16(14)28-17/h6-12H,1-5H2,(H,21,27)(H,22,25)(H,23,26). The quantitative estimate of drug-likeness (QED) is 0.346. The molecule has 0 unspecified atom stereocenters. The monoisotopic (exact) mass is 412 g/mol. The van der Waals surface area contributed by atoms with Crippen molar-refractivity contribution in [2.24, 2.45) is 0 Å². The van der Waals surface area contributed by atoms with Crippen LogP contribution in [0.25, 0.3) is 5.69 Å². The molecule has 28 heavy (non-hydrogen) atoms. The van der Waals surface area contributed by atoms with Crippen molar-refractivity contribution in [1.29, 1.82) is 0 Å². The van der Waals surface area contributed by atoms with E-state index in [0.29, 0.717) is 15.2 Å². The van der Waals surface area contributed by atoms with Crippen LogP contribution >= 0.6 is 23.6 Å². The van der Waals surface area contributed by atoms with Crippen LogP contribution in [0, 0.1) is 4.77 Å². The van der Waals surface area contributed by atoms with Gasteiger partial charge in [0.15, 0.2) is 4.77 Å². The summed E-state index contributed by atoms with van der Waals surface area (Å²) in [6.45, 7) is 0. The minimum atomic E-state index is -0.365. The molecule has 4 rings (SSSR count). The number of aromatic amines is 1. The molecule has 1 aliphatic rings. The summed E-state index contributed by atoms with van der Waals surface area (Å²) in [6, 6.07) is 8.95. The topological polar surface area (TPSA) is 78.9 Å². The number of hydrogen-bond acceptors (Lipinski definition) is 4. The zero-order valence-electron chi connectivity index (χ0n) is 15.2. The summed E-state index contributed by atoms with van der Waals surface area (Å²) in [6.07, 6.45) is 9.23. The van der Waals surface area contributed by atoms with Gasteiger partial charge in [0, 0.05) is 28.5 Å². The molecule has 3 aromatic rings. The number of amides is 2. The molecule has 8 heteroatoms. The van der Waals surface area contributed by atoms with Gasteiger partial charge < -0.3 is 4.98 Å². The highest BCUT2D eigenvalue weighted by Crippen LogP contribution is 2.28. The summed E-state index contributed by atoms with van der Waals surface area (Å²) in [5.74, 6) is -0.641. The number of benzene rings is 1. The van der Waals surface area contributed by atoms with Crippen LogP contribution in [0.2, 0.25) is 0 Å². The molecule has 2 amide bonds. The van der Waals surface area contributed by atoms with E-state index in [9.17, 15) is 9.59 Å². The van der Waals surface area contributed by atoms with E-state index in [4.69, 9.17) is 12.2 Å². The number of carbonyl (C=O) groups is 2. The molecule has 3 N–H and O–H groups in total. The largest absolute Gasteiger partial charge is 0.337 e. The number of carbonyl (C=O) groups excluding carboxylic acids is 2. The number of nitrogens with zero attached hydrogens (tertiary/aromatic N) is 1. The van der Waals surface area contributed by atoms with Gasteiger partial charge in [0.1, 0.15) is 0 Å². The Kier molecular flexibility index (Phi) is 5.40. The van der Waals surface area contributed by atoms with Gasteiger partial charge in [-0.1, -0.05) is 6.42 Å². The summed E-state index contributed by atoms with van der Waals surface area (Å²) in [5, 5.41) is 0. The molecule has 1 aliphatic carbocycles. The summed E-state index contributed by atoms with van der Waals surface area (Å²) in [5.41, 5.74) is 7.59. The number of fused-ring (bicyclic) bond motifs is 1. The van der Waals surface area contributed by atoms with Gasteiger partial charge in [-0.15, -0.1) is 11.3 Å². The Bertz CT molecular complexity index is 1040.